The Hall–Kier alpha value is -1.53. The van der Waals surface area contributed by atoms with Gasteiger partial charge < -0.3 is 10.6 Å². The minimum absolute atomic E-state index is 0.411. The second kappa shape index (κ2) is 5.41. The molecule has 1 aromatic carbocycles. The molecular weight excluding hydrogens is 264 g/mol. The van der Waals surface area contributed by atoms with Gasteiger partial charge in [0.25, 0.3) is 0 Å². The highest BCUT2D eigenvalue weighted by Gasteiger charge is 2.09. The zero-order chi connectivity index (χ0) is 13.1. The van der Waals surface area contributed by atoms with Crippen molar-refractivity contribution >= 4 is 39.6 Å². The van der Waals surface area contributed by atoms with Crippen molar-refractivity contribution in [3.8, 4) is 0 Å². The largest absolute Gasteiger partial charge is 0.389 e. The second-order valence-corrected chi connectivity index (χ2v) is 4.99. The van der Waals surface area contributed by atoms with Crippen molar-refractivity contribution in [3.05, 3.63) is 35.7 Å². The van der Waals surface area contributed by atoms with Gasteiger partial charge in [-0.25, -0.2) is 4.98 Å². The van der Waals surface area contributed by atoms with E-state index in [-0.39, 0.29) is 0 Å². The summed E-state index contributed by atoms with van der Waals surface area (Å²) in [6, 6.07) is 7.77. The highest BCUT2D eigenvalue weighted by atomic mass is 32.1. The molecule has 0 aliphatic heterocycles. The number of anilines is 2. The summed E-state index contributed by atoms with van der Waals surface area (Å²) in [5.74, 6) is 0.876. The molecule has 0 spiro atoms. The molecule has 18 heavy (non-hydrogen) atoms. The van der Waals surface area contributed by atoms with Crippen molar-refractivity contribution in [1.82, 2.24) is 9.36 Å². The summed E-state index contributed by atoms with van der Waals surface area (Å²) in [5.41, 5.74) is 7.48. The predicted octanol–water partition coefficient (Wildman–Crippen LogP) is 2.50. The van der Waals surface area contributed by atoms with Gasteiger partial charge in [-0.1, -0.05) is 19.1 Å². The average Bonchev–Trinajstić information content (AvgIpc) is 2.86. The summed E-state index contributed by atoms with van der Waals surface area (Å²) < 4.78 is 4.28. The minimum atomic E-state index is 0.411. The van der Waals surface area contributed by atoms with E-state index >= 15 is 0 Å². The number of aromatic nitrogens is 2. The smallest absolute Gasteiger partial charge is 0.209 e. The van der Waals surface area contributed by atoms with E-state index in [0.29, 0.717) is 4.99 Å². The second-order valence-electron chi connectivity index (χ2n) is 3.82. The zero-order valence-electron chi connectivity index (χ0n) is 10.3. The van der Waals surface area contributed by atoms with E-state index in [1.54, 1.807) is 0 Å². The maximum Gasteiger partial charge on any atom is 0.209 e. The fourth-order valence-electron chi connectivity index (χ4n) is 1.48. The minimum Gasteiger partial charge on any atom is -0.389 e. The van der Waals surface area contributed by atoms with Gasteiger partial charge in [-0.15, -0.1) is 0 Å². The Bertz CT molecular complexity index is 547. The van der Waals surface area contributed by atoms with Crippen LogP contribution in [0.2, 0.25) is 0 Å². The van der Waals surface area contributed by atoms with Crippen LogP contribution in [0.25, 0.3) is 0 Å². The Morgan fingerprint density at radius 2 is 2.06 bits per heavy atom. The quantitative estimate of drug-likeness (QED) is 0.871. The first kappa shape index (κ1) is 12.9. The van der Waals surface area contributed by atoms with Gasteiger partial charge in [0.1, 0.15) is 10.8 Å². The molecule has 0 amide bonds. The first-order chi connectivity index (χ1) is 8.61. The molecule has 0 atom stereocenters. The first-order valence-corrected chi connectivity index (χ1v) is 6.76. The standard InChI is InChI=1S/C12H14N4S2/c1-3-10-14-12(18-15-10)16(2)9-6-4-8(5-7-9)11(13)17/h4-7H,3H2,1-2H3,(H2,13,17). The molecule has 0 saturated carbocycles. The molecule has 0 radical (unpaired) electrons. The molecule has 4 nitrogen and oxygen atoms in total. The van der Waals surface area contributed by atoms with Crippen LogP contribution in [0.5, 0.6) is 0 Å². The van der Waals surface area contributed by atoms with E-state index in [2.05, 4.69) is 9.36 Å². The maximum atomic E-state index is 5.57. The fraction of sp³-hybridized carbons (Fsp3) is 0.250. The van der Waals surface area contributed by atoms with E-state index in [4.69, 9.17) is 18.0 Å². The molecule has 1 heterocycles. The number of nitrogens with two attached hydrogens (primary N) is 1. The van der Waals surface area contributed by atoms with Crippen LogP contribution in [-0.4, -0.2) is 21.4 Å². The van der Waals surface area contributed by atoms with Crippen molar-refractivity contribution in [2.45, 2.75) is 13.3 Å². The lowest BCUT2D eigenvalue weighted by molar-refractivity contribution is 0.989. The van der Waals surface area contributed by atoms with Crippen molar-refractivity contribution in [2.24, 2.45) is 5.73 Å². The summed E-state index contributed by atoms with van der Waals surface area (Å²) in [7, 11) is 1.97. The SMILES string of the molecule is CCc1nsc(N(C)c2ccc(C(N)=S)cc2)n1. The Balaban J connectivity index is 2.22. The number of nitrogens with zero attached hydrogens (tertiary/aromatic N) is 3. The summed E-state index contributed by atoms with van der Waals surface area (Å²) >= 11 is 6.33. The monoisotopic (exact) mass is 278 g/mol. The Morgan fingerprint density at radius 3 is 2.56 bits per heavy atom. The highest BCUT2D eigenvalue weighted by Crippen LogP contribution is 2.25. The third-order valence-corrected chi connectivity index (χ3v) is 3.67. The van der Waals surface area contributed by atoms with E-state index in [1.165, 1.54) is 11.5 Å². The summed E-state index contributed by atoms with van der Waals surface area (Å²) in [5, 5.41) is 0.884. The number of hydrogen-bond donors (Lipinski definition) is 1. The van der Waals surface area contributed by atoms with Crippen molar-refractivity contribution in [3.63, 3.8) is 0 Å². The summed E-state index contributed by atoms with van der Waals surface area (Å²) in [4.78, 5) is 6.86. The molecule has 0 bridgehead atoms. The lowest BCUT2D eigenvalue weighted by atomic mass is 10.2. The van der Waals surface area contributed by atoms with E-state index in [0.717, 1.165) is 28.6 Å². The number of rotatable bonds is 4. The van der Waals surface area contributed by atoms with Gasteiger partial charge in [0, 0.05) is 36.3 Å². The molecule has 6 heteroatoms. The lowest BCUT2D eigenvalue weighted by Crippen LogP contribution is -2.11. The number of benzene rings is 1. The molecule has 2 rings (SSSR count). The molecule has 0 aliphatic rings. The van der Waals surface area contributed by atoms with E-state index in [9.17, 15) is 0 Å². The Labute approximate surface area is 116 Å². The number of hydrogen-bond acceptors (Lipinski definition) is 5. The molecule has 0 aliphatic carbocycles. The Morgan fingerprint density at radius 1 is 1.39 bits per heavy atom. The van der Waals surface area contributed by atoms with Gasteiger partial charge in [-0.3, -0.25) is 0 Å². The zero-order valence-corrected chi connectivity index (χ0v) is 11.9. The molecule has 2 aromatic rings. The third kappa shape index (κ3) is 2.65. The van der Waals surface area contributed by atoms with Crippen LogP contribution in [0.3, 0.4) is 0 Å². The van der Waals surface area contributed by atoms with Crippen molar-refractivity contribution in [2.75, 3.05) is 11.9 Å². The van der Waals surface area contributed by atoms with Crippen molar-refractivity contribution in [1.29, 1.82) is 0 Å². The van der Waals surface area contributed by atoms with Crippen LogP contribution in [0.4, 0.5) is 10.8 Å². The summed E-state index contributed by atoms with van der Waals surface area (Å²) in [6.45, 7) is 2.04. The topological polar surface area (TPSA) is 55.0 Å². The summed E-state index contributed by atoms with van der Waals surface area (Å²) in [6.07, 6.45) is 0.852. The number of aryl methyl sites for hydroxylation is 1. The number of thiocarbonyl (C=S) groups is 1. The molecule has 94 valence electrons. The van der Waals surface area contributed by atoms with Crippen LogP contribution in [0.15, 0.2) is 24.3 Å². The molecule has 0 unspecified atom stereocenters. The van der Waals surface area contributed by atoms with Gasteiger partial charge in [0.2, 0.25) is 5.13 Å². The lowest BCUT2D eigenvalue weighted by Gasteiger charge is -2.15. The van der Waals surface area contributed by atoms with Crippen LogP contribution in [0, 0.1) is 0 Å². The van der Waals surface area contributed by atoms with Crippen LogP contribution < -0.4 is 10.6 Å². The maximum absolute atomic E-state index is 5.57. The van der Waals surface area contributed by atoms with Gasteiger partial charge >= 0.3 is 0 Å². The molecule has 2 N–H and O–H groups in total. The molecular formula is C12H14N4S2. The Kier molecular flexibility index (Phi) is 3.88. The van der Waals surface area contributed by atoms with Crippen LogP contribution in [-0.2, 0) is 6.42 Å². The van der Waals surface area contributed by atoms with Crippen molar-refractivity contribution < 1.29 is 0 Å². The highest BCUT2D eigenvalue weighted by molar-refractivity contribution is 7.80. The van der Waals surface area contributed by atoms with Crippen LogP contribution >= 0.6 is 23.8 Å². The molecule has 0 saturated heterocycles. The molecule has 0 fully saturated rings. The van der Waals surface area contributed by atoms with Crippen LogP contribution in [0.1, 0.15) is 18.3 Å². The van der Waals surface area contributed by atoms with Gasteiger partial charge in [-0.2, -0.15) is 4.37 Å². The molecule has 1 aromatic heterocycles. The normalized spacial score (nSPS) is 10.3. The van der Waals surface area contributed by atoms with Gasteiger partial charge in [0.15, 0.2) is 0 Å². The third-order valence-electron chi connectivity index (χ3n) is 2.60. The predicted molar refractivity (Wildman–Crippen MR) is 79.7 cm³/mol. The average molecular weight is 278 g/mol. The van der Waals surface area contributed by atoms with Gasteiger partial charge in [0.05, 0.1) is 0 Å². The van der Waals surface area contributed by atoms with E-state index in [1.807, 2.05) is 43.1 Å². The first-order valence-electron chi connectivity index (χ1n) is 5.58. The van der Waals surface area contributed by atoms with E-state index < -0.39 is 0 Å². The fourth-order valence-corrected chi connectivity index (χ4v) is 2.35. The van der Waals surface area contributed by atoms with Gasteiger partial charge in [-0.05, 0) is 24.3 Å².